The van der Waals surface area contributed by atoms with E-state index >= 15 is 0 Å². The summed E-state index contributed by atoms with van der Waals surface area (Å²) in [7, 11) is 0. The predicted octanol–water partition coefficient (Wildman–Crippen LogP) is 11.5. The molecular formula is C39H72O5. The number of carbonyl (C=O) groups is 2. The Morgan fingerprint density at radius 3 is 1.25 bits per heavy atom. The molecule has 0 saturated heterocycles. The lowest BCUT2D eigenvalue weighted by Gasteiger charge is -2.15. The number of rotatable bonds is 34. The van der Waals surface area contributed by atoms with Crippen LogP contribution in [0, 0.1) is 0 Å². The monoisotopic (exact) mass is 621 g/mol. The van der Waals surface area contributed by atoms with Crippen LogP contribution in [-0.4, -0.2) is 36.4 Å². The first-order valence-corrected chi connectivity index (χ1v) is 18.9. The van der Waals surface area contributed by atoms with Gasteiger partial charge in [0.05, 0.1) is 6.61 Å². The molecule has 0 fully saturated rings. The number of carbonyl (C=O) groups excluding carboxylic acids is 2. The van der Waals surface area contributed by atoms with Crippen molar-refractivity contribution < 1.29 is 24.2 Å². The van der Waals surface area contributed by atoms with Gasteiger partial charge in [0.1, 0.15) is 6.61 Å². The second kappa shape index (κ2) is 35.9. The number of hydrogen-bond donors (Lipinski definition) is 1. The van der Waals surface area contributed by atoms with Crippen LogP contribution in [0.5, 0.6) is 0 Å². The van der Waals surface area contributed by atoms with Crippen molar-refractivity contribution in [2.45, 2.75) is 200 Å². The van der Waals surface area contributed by atoms with E-state index in [1.165, 1.54) is 122 Å². The zero-order valence-electron chi connectivity index (χ0n) is 29.2. The first-order valence-electron chi connectivity index (χ1n) is 18.9. The standard InChI is InChI=1S/C39H72O5/c1-3-5-7-9-11-13-15-17-18-19-20-22-24-26-28-30-32-34-39(42)44-37(35-40)36-43-38(41)33-31-29-27-25-23-21-16-14-12-10-8-6-4-2/h14,16-18,37,40H,3-13,15,19-36H2,1-2H3/b16-14-,18-17-/t37-/m0/s1. The topological polar surface area (TPSA) is 72.8 Å². The quantitative estimate of drug-likeness (QED) is 0.0440. The van der Waals surface area contributed by atoms with E-state index in [9.17, 15) is 14.7 Å². The Kier molecular flexibility index (Phi) is 34.5. The van der Waals surface area contributed by atoms with Crippen LogP contribution < -0.4 is 0 Å². The number of hydrogen-bond acceptors (Lipinski definition) is 5. The highest BCUT2D eigenvalue weighted by molar-refractivity contribution is 5.70. The summed E-state index contributed by atoms with van der Waals surface area (Å²) in [4.78, 5) is 24.2. The fraction of sp³-hybridized carbons (Fsp3) is 0.846. The molecule has 5 heteroatoms. The lowest BCUT2D eigenvalue weighted by molar-refractivity contribution is -0.161. The molecule has 0 rings (SSSR count). The minimum atomic E-state index is -0.772. The molecule has 0 spiro atoms. The van der Waals surface area contributed by atoms with Crippen LogP contribution in [0.1, 0.15) is 194 Å². The normalized spacial score (nSPS) is 12.3. The van der Waals surface area contributed by atoms with E-state index in [1.54, 1.807) is 0 Å². The van der Waals surface area contributed by atoms with Gasteiger partial charge < -0.3 is 14.6 Å². The zero-order chi connectivity index (χ0) is 32.2. The minimum Gasteiger partial charge on any atom is -0.462 e. The van der Waals surface area contributed by atoms with Crippen molar-refractivity contribution >= 4 is 11.9 Å². The summed E-state index contributed by atoms with van der Waals surface area (Å²) < 4.78 is 10.6. The first kappa shape index (κ1) is 42.4. The molecule has 1 N–H and O–H groups in total. The molecule has 258 valence electrons. The highest BCUT2D eigenvalue weighted by Crippen LogP contribution is 2.13. The minimum absolute atomic E-state index is 0.0694. The number of ether oxygens (including phenoxy) is 2. The zero-order valence-corrected chi connectivity index (χ0v) is 29.2. The molecule has 0 unspecified atom stereocenters. The smallest absolute Gasteiger partial charge is 0.306 e. The number of esters is 2. The van der Waals surface area contributed by atoms with Crippen LogP contribution in [0.4, 0.5) is 0 Å². The molecule has 44 heavy (non-hydrogen) atoms. The maximum Gasteiger partial charge on any atom is 0.306 e. The summed E-state index contributed by atoms with van der Waals surface area (Å²) in [5.41, 5.74) is 0. The van der Waals surface area contributed by atoms with Gasteiger partial charge in [-0.3, -0.25) is 9.59 Å². The highest BCUT2D eigenvalue weighted by Gasteiger charge is 2.16. The van der Waals surface area contributed by atoms with Gasteiger partial charge in [0, 0.05) is 12.8 Å². The number of aliphatic hydroxyl groups excluding tert-OH is 1. The third-order valence-electron chi connectivity index (χ3n) is 8.22. The number of unbranched alkanes of at least 4 members (excludes halogenated alkanes) is 22. The SMILES string of the molecule is CCCCCC/C=C\CCCCCCCC(=O)OC[C@H](CO)OC(=O)CCCCCCCCC/C=C\CCCCCCCC. The molecule has 0 radical (unpaired) electrons. The maximum atomic E-state index is 12.1. The fourth-order valence-electron chi connectivity index (χ4n) is 5.31. The highest BCUT2D eigenvalue weighted by atomic mass is 16.6. The van der Waals surface area contributed by atoms with Gasteiger partial charge in [-0.25, -0.2) is 0 Å². The van der Waals surface area contributed by atoms with Crippen molar-refractivity contribution in [2.24, 2.45) is 0 Å². The molecule has 0 aromatic heterocycles. The Bertz CT molecular complexity index is 671. The summed E-state index contributed by atoms with van der Waals surface area (Å²) in [5, 5.41) is 9.53. The number of aliphatic hydroxyl groups is 1. The molecule has 0 amide bonds. The van der Waals surface area contributed by atoms with Crippen LogP contribution in [0.3, 0.4) is 0 Å². The van der Waals surface area contributed by atoms with Gasteiger partial charge in [0.25, 0.3) is 0 Å². The Balaban J connectivity index is 3.56. The molecule has 1 atom stereocenters. The van der Waals surface area contributed by atoms with Gasteiger partial charge in [-0.2, -0.15) is 0 Å². The van der Waals surface area contributed by atoms with Crippen molar-refractivity contribution in [1.82, 2.24) is 0 Å². The third kappa shape index (κ3) is 33.3. The Labute approximate surface area is 273 Å². The molecule has 0 heterocycles. The lowest BCUT2D eigenvalue weighted by Crippen LogP contribution is -2.28. The van der Waals surface area contributed by atoms with E-state index in [1.807, 2.05) is 0 Å². The lowest BCUT2D eigenvalue weighted by atomic mass is 10.1. The maximum absolute atomic E-state index is 12.1. The molecule has 5 nitrogen and oxygen atoms in total. The molecule has 0 aromatic carbocycles. The Morgan fingerprint density at radius 1 is 0.500 bits per heavy atom. The summed E-state index contributed by atoms with van der Waals surface area (Å²) in [6.45, 7) is 4.11. The van der Waals surface area contributed by atoms with Crippen molar-refractivity contribution in [3.8, 4) is 0 Å². The average molecular weight is 621 g/mol. The van der Waals surface area contributed by atoms with Crippen molar-refractivity contribution in [1.29, 1.82) is 0 Å². The average Bonchev–Trinajstić information content (AvgIpc) is 3.02. The van der Waals surface area contributed by atoms with Crippen LogP contribution in [0.2, 0.25) is 0 Å². The molecule has 0 aliphatic carbocycles. The second-order valence-electron chi connectivity index (χ2n) is 12.6. The van der Waals surface area contributed by atoms with Crippen molar-refractivity contribution in [2.75, 3.05) is 13.2 Å². The van der Waals surface area contributed by atoms with E-state index in [0.29, 0.717) is 12.8 Å². The number of allylic oxidation sites excluding steroid dienone is 4. The Hall–Kier alpha value is -1.62. The van der Waals surface area contributed by atoms with Crippen molar-refractivity contribution in [3.63, 3.8) is 0 Å². The van der Waals surface area contributed by atoms with Crippen LogP contribution in [0.25, 0.3) is 0 Å². The van der Waals surface area contributed by atoms with E-state index in [-0.39, 0.29) is 25.2 Å². The first-order chi connectivity index (χ1) is 21.6. The van der Waals surface area contributed by atoms with E-state index in [2.05, 4.69) is 38.2 Å². The van der Waals surface area contributed by atoms with Gasteiger partial charge in [-0.15, -0.1) is 0 Å². The molecule has 0 bridgehead atoms. The summed E-state index contributed by atoms with van der Waals surface area (Å²) >= 11 is 0. The van der Waals surface area contributed by atoms with Crippen LogP contribution >= 0.6 is 0 Å². The fourth-order valence-corrected chi connectivity index (χ4v) is 5.31. The molecular weight excluding hydrogens is 548 g/mol. The van der Waals surface area contributed by atoms with E-state index in [4.69, 9.17) is 9.47 Å². The third-order valence-corrected chi connectivity index (χ3v) is 8.22. The summed E-state index contributed by atoms with van der Waals surface area (Å²) in [6, 6.07) is 0. The largest absolute Gasteiger partial charge is 0.462 e. The van der Waals surface area contributed by atoms with Crippen molar-refractivity contribution in [3.05, 3.63) is 24.3 Å². The molecule has 0 aliphatic rings. The van der Waals surface area contributed by atoms with Crippen LogP contribution in [0.15, 0.2) is 24.3 Å². The predicted molar refractivity (Wildman–Crippen MR) is 187 cm³/mol. The summed E-state index contributed by atoms with van der Waals surface area (Å²) in [6.07, 6.45) is 40.9. The van der Waals surface area contributed by atoms with Gasteiger partial charge in [0.15, 0.2) is 6.10 Å². The Morgan fingerprint density at radius 2 is 0.841 bits per heavy atom. The van der Waals surface area contributed by atoms with Gasteiger partial charge in [-0.05, 0) is 64.2 Å². The van der Waals surface area contributed by atoms with Crippen LogP contribution in [-0.2, 0) is 19.1 Å². The van der Waals surface area contributed by atoms with Gasteiger partial charge in [-0.1, -0.05) is 141 Å². The molecule has 0 aliphatic heterocycles. The van der Waals surface area contributed by atoms with E-state index < -0.39 is 6.10 Å². The second-order valence-corrected chi connectivity index (χ2v) is 12.6. The van der Waals surface area contributed by atoms with E-state index in [0.717, 1.165) is 44.9 Å². The summed E-state index contributed by atoms with van der Waals surface area (Å²) in [5.74, 6) is -0.603. The molecule has 0 aromatic rings. The van der Waals surface area contributed by atoms with Gasteiger partial charge in [0.2, 0.25) is 0 Å². The molecule has 0 saturated carbocycles. The van der Waals surface area contributed by atoms with Gasteiger partial charge >= 0.3 is 11.9 Å².